The van der Waals surface area contributed by atoms with E-state index in [1.54, 1.807) is 28.2 Å². The van der Waals surface area contributed by atoms with Gasteiger partial charge >= 0.3 is 6.09 Å². The van der Waals surface area contributed by atoms with Gasteiger partial charge < -0.3 is 24.7 Å². The lowest BCUT2D eigenvalue weighted by Crippen LogP contribution is -2.38. The molecule has 0 aliphatic carbocycles. The summed E-state index contributed by atoms with van der Waals surface area (Å²) in [7, 11) is 0. The van der Waals surface area contributed by atoms with Gasteiger partial charge in [0.1, 0.15) is 6.61 Å². The van der Waals surface area contributed by atoms with Gasteiger partial charge in [-0.1, -0.05) is 12.2 Å². The first-order chi connectivity index (χ1) is 12.1. The second kappa shape index (κ2) is 9.50. The van der Waals surface area contributed by atoms with Crippen LogP contribution in [-0.2, 0) is 14.4 Å². The highest BCUT2D eigenvalue weighted by molar-refractivity contribution is 5.96. The summed E-state index contributed by atoms with van der Waals surface area (Å²) >= 11 is 0. The number of nitrogens with one attached hydrogen (secondary N) is 1. The number of amides is 2. The fraction of sp³-hybridized carbons (Fsp3) is 0.600. The quantitative estimate of drug-likeness (QED) is 0.405. The molecule has 0 bridgehead atoms. The molecule has 138 valence electrons. The lowest BCUT2D eigenvalue weighted by molar-refractivity contribution is -0.757. The molecule has 2 aliphatic heterocycles. The standard InChI is InChI=1S/C15H22N4O6/c20-14(16-6-10-25-19(22)23)13-5-4-7-17(11-13)12-24-15(21)18-8-2-1-3-9-18/h4-5,11H,1-3,6-10,12H2,(H,16,20). The molecule has 0 aromatic carbocycles. The highest BCUT2D eigenvalue weighted by Crippen LogP contribution is 2.11. The molecule has 0 aromatic heterocycles. The molecule has 2 rings (SSSR count). The maximum atomic E-state index is 12.0. The number of piperidine rings is 1. The Kier molecular flexibility index (Phi) is 7.05. The van der Waals surface area contributed by atoms with Gasteiger partial charge in [0.05, 0.1) is 5.57 Å². The summed E-state index contributed by atoms with van der Waals surface area (Å²) in [6.45, 7) is 1.82. The Balaban J connectivity index is 1.74. The minimum absolute atomic E-state index is 0.0228. The maximum absolute atomic E-state index is 12.0. The molecule has 0 aromatic rings. The van der Waals surface area contributed by atoms with Crippen LogP contribution in [0.4, 0.5) is 4.79 Å². The van der Waals surface area contributed by atoms with E-state index < -0.39 is 5.09 Å². The number of rotatable bonds is 7. The lowest BCUT2D eigenvalue weighted by atomic mass is 10.1. The van der Waals surface area contributed by atoms with Crippen molar-refractivity contribution in [3.05, 3.63) is 34.0 Å². The Morgan fingerprint density at radius 2 is 2.04 bits per heavy atom. The van der Waals surface area contributed by atoms with E-state index in [-0.39, 0.29) is 31.9 Å². The van der Waals surface area contributed by atoms with E-state index in [0.29, 0.717) is 25.2 Å². The highest BCUT2D eigenvalue weighted by Gasteiger charge is 2.19. The third-order valence-electron chi connectivity index (χ3n) is 3.77. The van der Waals surface area contributed by atoms with Gasteiger partial charge in [-0.15, -0.1) is 10.1 Å². The molecule has 10 heteroatoms. The molecule has 0 saturated carbocycles. The number of hydrogen-bond donors (Lipinski definition) is 1. The van der Waals surface area contributed by atoms with Crippen LogP contribution in [0, 0.1) is 10.1 Å². The first kappa shape index (κ1) is 18.6. The zero-order valence-corrected chi connectivity index (χ0v) is 13.9. The summed E-state index contributed by atoms with van der Waals surface area (Å²) in [6.07, 6.45) is 7.79. The Morgan fingerprint density at radius 3 is 2.76 bits per heavy atom. The molecule has 25 heavy (non-hydrogen) atoms. The summed E-state index contributed by atoms with van der Waals surface area (Å²) in [5.41, 5.74) is 0.376. The largest absolute Gasteiger partial charge is 0.428 e. The van der Waals surface area contributed by atoms with Crippen LogP contribution >= 0.6 is 0 Å². The minimum Gasteiger partial charge on any atom is -0.428 e. The Bertz CT molecular complexity index is 556. The molecule has 1 saturated heterocycles. The summed E-state index contributed by atoms with van der Waals surface area (Å²) in [4.78, 5) is 41.5. The molecule has 1 N–H and O–H groups in total. The van der Waals surface area contributed by atoms with Crippen LogP contribution in [0.3, 0.4) is 0 Å². The van der Waals surface area contributed by atoms with Crippen molar-refractivity contribution in [1.29, 1.82) is 0 Å². The van der Waals surface area contributed by atoms with Gasteiger partial charge in [-0.2, -0.15) is 0 Å². The average Bonchev–Trinajstić information content (AvgIpc) is 2.64. The molecule has 1 fully saturated rings. The third kappa shape index (κ3) is 6.32. The van der Waals surface area contributed by atoms with Crippen molar-refractivity contribution < 1.29 is 24.3 Å². The van der Waals surface area contributed by atoms with Crippen LogP contribution in [0.15, 0.2) is 23.9 Å². The lowest BCUT2D eigenvalue weighted by Gasteiger charge is -2.28. The number of ether oxygens (including phenoxy) is 1. The smallest absolute Gasteiger partial charge is 0.411 e. The van der Waals surface area contributed by atoms with Crippen molar-refractivity contribution in [3.63, 3.8) is 0 Å². The van der Waals surface area contributed by atoms with Crippen LogP contribution in [0.25, 0.3) is 0 Å². The van der Waals surface area contributed by atoms with Crippen LogP contribution < -0.4 is 5.32 Å². The highest BCUT2D eigenvalue weighted by atomic mass is 16.9. The second-order valence-corrected chi connectivity index (χ2v) is 5.66. The van der Waals surface area contributed by atoms with Crippen molar-refractivity contribution >= 4 is 12.0 Å². The monoisotopic (exact) mass is 354 g/mol. The van der Waals surface area contributed by atoms with Crippen molar-refractivity contribution in [3.8, 4) is 0 Å². The van der Waals surface area contributed by atoms with Crippen LogP contribution in [0.1, 0.15) is 19.3 Å². The minimum atomic E-state index is -0.912. The predicted octanol–water partition coefficient (Wildman–Crippen LogP) is 0.647. The molecule has 2 amide bonds. The average molecular weight is 354 g/mol. The van der Waals surface area contributed by atoms with Crippen molar-refractivity contribution in [2.75, 3.05) is 39.5 Å². The van der Waals surface area contributed by atoms with E-state index in [1.807, 2.05) is 0 Å². The molecular formula is C15H22N4O6. The Hall–Kier alpha value is -2.78. The van der Waals surface area contributed by atoms with Crippen molar-refractivity contribution in [1.82, 2.24) is 15.1 Å². The number of nitrogens with zero attached hydrogens (tertiary/aromatic N) is 3. The first-order valence-corrected chi connectivity index (χ1v) is 8.16. The summed E-state index contributed by atoms with van der Waals surface area (Å²) < 4.78 is 5.28. The van der Waals surface area contributed by atoms with Crippen LogP contribution in [0.5, 0.6) is 0 Å². The molecule has 10 nitrogen and oxygen atoms in total. The third-order valence-corrected chi connectivity index (χ3v) is 3.77. The van der Waals surface area contributed by atoms with Gasteiger partial charge in [-0.3, -0.25) is 4.79 Å². The Morgan fingerprint density at radius 1 is 1.28 bits per heavy atom. The fourth-order valence-corrected chi connectivity index (χ4v) is 2.52. The fourth-order valence-electron chi connectivity index (χ4n) is 2.52. The van der Waals surface area contributed by atoms with E-state index in [2.05, 4.69) is 10.2 Å². The first-order valence-electron chi connectivity index (χ1n) is 8.16. The van der Waals surface area contributed by atoms with Gasteiger partial charge in [0.2, 0.25) is 0 Å². The number of hydrogen-bond acceptors (Lipinski definition) is 7. The molecule has 2 heterocycles. The number of likely N-dealkylation sites (tertiary alicyclic amines) is 1. The van der Waals surface area contributed by atoms with E-state index in [0.717, 1.165) is 19.3 Å². The molecule has 2 aliphatic rings. The molecule has 0 spiro atoms. The van der Waals surface area contributed by atoms with E-state index >= 15 is 0 Å². The van der Waals surface area contributed by atoms with Gasteiger partial charge in [-0.05, 0) is 19.3 Å². The molecule has 0 unspecified atom stereocenters. The van der Waals surface area contributed by atoms with Gasteiger partial charge in [0.25, 0.3) is 11.0 Å². The van der Waals surface area contributed by atoms with E-state index in [4.69, 9.17) is 4.74 Å². The van der Waals surface area contributed by atoms with Crippen LogP contribution in [-0.4, -0.2) is 66.4 Å². The van der Waals surface area contributed by atoms with Crippen molar-refractivity contribution in [2.24, 2.45) is 0 Å². The van der Waals surface area contributed by atoms with Gasteiger partial charge in [0.15, 0.2) is 6.73 Å². The zero-order chi connectivity index (χ0) is 18.1. The summed E-state index contributed by atoms with van der Waals surface area (Å²) in [5, 5.41) is 11.6. The van der Waals surface area contributed by atoms with E-state index in [9.17, 15) is 19.7 Å². The zero-order valence-electron chi connectivity index (χ0n) is 13.9. The molecule has 0 atom stereocenters. The number of carbonyl (C=O) groups is 2. The number of carbonyl (C=O) groups excluding carboxylic acids is 2. The van der Waals surface area contributed by atoms with Gasteiger partial charge in [-0.25, -0.2) is 4.79 Å². The summed E-state index contributed by atoms with van der Waals surface area (Å²) in [5.74, 6) is -0.379. The SMILES string of the molecule is O=C(NCCO[N+](=O)[O-])C1=CN(COC(=O)N2CCCCC2)CC=C1. The van der Waals surface area contributed by atoms with Crippen molar-refractivity contribution in [2.45, 2.75) is 19.3 Å². The van der Waals surface area contributed by atoms with E-state index in [1.165, 1.54) is 0 Å². The Labute approximate surface area is 145 Å². The summed E-state index contributed by atoms with van der Waals surface area (Å²) in [6, 6.07) is 0. The molecule has 0 radical (unpaired) electrons. The van der Waals surface area contributed by atoms with Gasteiger partial charge in [0, 0.05) is 32.4 Å². The topological polar surface area (TPSA) is 114 Å². The van der Waals surface area contributed by atoms with Crippen LogP contribution in [0.2, 0.25) is 0 Å². The normalized spacial score (nSPS) is 16.9. The predicted molar refractivity (Wildman–Crippen MR) is 86.7 cm³/mol. The maximum Gasteiger partial charge on any atom is 0.411 e. The second-order valence-electron chi connectivity index (χ2n) is 5.66. The molecular weight excluding hydrogens is 332 g/mol.